The maximum absolute atomic E-state index is 12.1. The lowest BCUT2D eigenvalue weighted by Crippen LogP contribution is -2.35. The van der Waals surface area contributed by atoms with Crippen LogP contribution in [0, 0.1) is 0 Å². The third kappa shape index (κ3) is 4.14. The Kier molecular flexibility index (Phi) is 5.41. The summed E-state index contributed by atoms with van der Waals surface area (Å²) in [5.41, 5.74) is 2.45. The molecule has 2 N–H and O–H groups in total. The van der Waals surface area contributed by atoms with Crippen LogP contribution in [0.5, 0.6) is 11.5 Å². The zero-order chi connectivity index (χ0) is 18.5. The second kappa shape index (κ2) is 7.91. The van der Waals surface area contributed by atoms with Gasteiger partial charge in [0.1, 0.15) is 17.6 Å². The van der Waals surface area contributed by atoms with Gasteiger partial charge in [-0.25, -0.2) is 0 Å². The first kappa shape index (κ1) is 17.8. The largest absolute Gasteiger partial charge is 0.494 e. The summed E-state index contributed by atoms with van der Waals surface area (Å²) in [6.45, 7) is 4.61. The Hall–Kier alpha value is -3.02. The van der Waals surface area contributed by atoms with E-state index in [-0.39, 0.29) is 12.6 Å². The number of ether oxygens (including phenoxy) is 2. The topological polar surface area (TPSA) is 76.7 Å². The summed E-state index contributed by atoms with van der Waals surface area (Å²) in [4.78, 5) is 24.1. The number of fused-ring (bicyclic) bond motifs is 1. The number of hydrogen-bond acceptors (Lipinski definition) is 4. The molecule has 0 fully saturated rings. The predicted octanol–water partition coefficient (Wildman–Crippen LogP) is 2.66. The lowest BCUT2D eigenvalue weighted by atomic mass is 10.1. The molecule has 1 atom stereocenters. The number of para-hydroxylation sites is 1. The molecule has 0 radical (unpaired) electrons. The number of amides is 2. The van der Waals surface area contributed by atoms with Crippen molar-refractivity contribution < 1.29 is 19.1 Å². The van der Waals surface area contributed by atoms with Crippen molar-refractivity contribution in [2.75, 3.05) is 11.9 Å². The molecule has 136 valence electrons. The zero-order valence-electron chi connectivity index (χ0n) is 14.9. The molecule has 6 nitrogen and oxygen atoms in total. The minimum atomic E-state index is -0.708. The number of carbonyl (C=O) groups is 2. The van der Waals surface area contributed by atoms with E-state index in [2.05, 4.69) is 10.6 Å². The van der Waals surface area contributed by atoms with Gasteiger partial charge in [0.05, 0.1) is 6.61 Å². The van der Waals surface area contributed by atoms with Gasteiger partial charge >= 0.3 is 11.8 Å². The molecule has 2 aromatic carbocycles. The van der Waals surface area contributed by atoms with E-state index in [4.69, 9.17) is 9.47 Å². The SMILES string of the molecule is CCOc1cc2c(cc1CNC(=O)C(=O)Nc1ccccc1)O[C@H](C)C2. The van der Waals surface area contributed by atoms with Crippen molar-refractivity contribution in [2.45, 2.75) is 32.9 Å². The molecule has 2 aromatic rings. The van der Waals surface area contributed by atoms with Crippen LogP contribution in [0.15, 0.2) is 42.5 Å². The maximum atomic E-state index is 12.1. The smallest absolute Gasteiger partial charge is 0.313 e. The highest BCUT2D eigenvalue weighted by molar-refractivity contribution is 6.39. The molecular weight excluding hydrogens is 332 g/mol. The minimum Gasteiger partial charge on any atom is -0.494 e. The number of benzene rings is 2. The molecule has 1 aliphatic heterocycles. The Labute approximate surface area is 152 Å². The molecule has 0 saturated heterocycles. The van der Waals surface area contributed by atoms with Crippen LogP contribution in [-0.2, 0) is 22.6 Å². The Morgan fingerprint density at radius 2 is 1.96 bits per heavy atom. The molecule has 0 aromatic heterocycles. The Balaban J connectivity index is 1.66. The lowest BCUT2D eigenvalue weighted by Gasteiger charge is -2.13. The molecule has 2 amide bonds. The van der Waals surface area contributed by atoms with Crippen LogP contribution in [0.2, 0.25) is 0 Å². The highest BCUT2D eigenvalue weighted by Crippen LogP contribution is 2.35. The fourth-order valence-electron chi connectivity index (χ4n) is 2.87. The number of anilines is 1. The molecule has 0 unspecified atom stereocenters. The van der Waals surface area contributed by atoms with Gasteiger partial charge in [-0.2, -0.15) is 0 Å². The quantitative estimate of drug-likeness (QED) is 0.810. The van der Waals surface area contributed by atoms with Crippen LogP contribution in [0.25, 0.3) is 0 Å². The number of hydrogen-bond donors (Lipinski definition) is 2. The fourth-order valence-corrected chi connectivity index (χ4v) is 2.87. The van der Waals surface area contributed by atoms with E-state index in [0.29, 0.717) is 18.0 Å². The minimum absolute atomic E-state index is 0.126. The molecule has 0 spiro atoms. The average Bonchev–Trinajstić information content (AvgIpc) is 2.99. The monoisotopic (exact) mass is 354 g/mol. The predicted molar refractivity (Wildman–Crippen MR) is 98.3 cm³/mol. The number of nitrogens with one attached hydrogen (secondary N) is 2. The zero-order valence-corrected chi connectivity index (χ0v) is 14.9. The van der Waals surface area contributed by atoms with Crippen LogP contribution in [-0.4, -0.2) is 24.5 Å². The highest BCUT2D eigenvalue weighted by Gasteiger charge is 2.22. The fraction of sp³-hybridized carbons (Fsp3) is 0.300. The van der Waals surface area contributed by atoms with Crippen molar-refractivity contribution in [3.8, 4) is 11.5 Å². The normalized spacial score (nSPS) is 14.9. The van der Waals surface area contributed by atoms with Crippen molar-refractivity contribution in [2.24, 2.45) is 0 Å². The van der Waals surface area contributed by atoms with Crippen molar-refractivity contribution in [3.63, 3.8) is 0 Å². The van der Waals surface area contributed by atoms with Crippen LogP contribution in [0.4, 0.5) is 5.69 Å². The Morgan fingerprint density at radius 3 is 2.69 bits per heavy atom. The second-order valence-electron chi connectivity index (χ2n) is 6.14. The summed E-state index contributed by atoms with van der Waals surface area (Å²) in [6, 6.07) is 12.7. The van der Waals surface area contributed by atoms with Crippen LogP contribution in [0.1, 0.15) is 25.0 Å². The van der Waals surface area contributed by atoms with E-state index < -0.39 is 11.8 Å². The van der Waals surface area contributed by atoms with Crippen LogP contribution in [0.3, 0.4) is 0 Å². The molecule has 0 bridgehead atoms. The molecule has 1 heterocycles. The van der Waals surface area contributed by atoms with Gasteiger partial charge in [0.15, 0.2) is 0 Å². The summed E-state index contributed by atoms with van der Waals surface area (Å²) in [5.74, 6) is 0.0953. The van der Waals surface area contributed by atoms with Gasteiger partial charge in [0.25, 0.3) is 0 Å². The van der Waals surface area contributed by atoms with Gasteiger partial charge in [-0.15, -0.1) is 0 Å². The van der Waals surface area contributed by atoms with Gasteiger partial charge in [-0.1, -0.05) is 18.2 Å². The molecular formula is C20H22N2O4. The molecule has 6 heteroatoms. The van der Waals surface area contributed by atoms with Gasteiger partial charge in [-0.3, -0.25) is 9.59 Å². The summed E-state index contributed by atoms with van der Waals surface area (Å²) in [5, 5.41) is 5.19. The van der Waals surface area contributed by atoms with Gasteiger partial charge < -0.3 is 20.1 Å². The first-order chi connectivity index (χ1) is 12.6. The van der Waals surface area contributed by atoms with Crippen molar-refractivity contribution in [1.82, 2.24) is 5.32 Å². The van der Waals surface area contributed by atoms with E-state index in [1.807, 2.05) is 32.0 Å². The van der Waals surface area contributed by atoms with E-state index in [0.717, 1.165) is 23.3 Å². The third-order valence-electron chi connectivity index (χ3n) is 4.06. The van der Waals surface area contributed by atoms with Crippen molar-refractivity contribution in [1.29, 1.82) is 0 Å². The molecule has 1 aliphatic rings. The summed E-state index contributed by atoms with van der Waals surface area (Å²) in [6.07, 6.45) is 0.961. The first-order valence-electron chi connectivity index (χ1n) is 8.66. The first-order valence-corrected chi connectivity index (χ1v) is 8.66. The van der Waals surface area contributed by atoms with E-state index in [1.54, 1.807) is 24.3 Å². The van der Waals surface area contributed by atoms with E-state index in [9.17, 15) is 9.59 Å². The summed E-state index contributed by atoms with van der Waals surface area (Å²) in [7, 11) is 0. The Bertz CT molecular complexity index is 805. The standard InChI is InChI=1S/C20H22N2O4/c1-3-25-17-10-14-9-13(2)26-18(14)11-15(17)12-21-19(23)20(24)22-16-7-5-4-6-8-16/h4-8,10-11,13H,3,9,12H2,1-2H3,(H,21,23)(H,22,24)/t13-/m1/s1. The van der Waals surface area contributed by atoms with Gasteiger partial charge in [0.2, 0.25) is 0 Å². The summed E-state index contributed by atoms with van der Waals surface area (Å²) < 4.78 is 11.4. The van der Waals surface area contributed by atoms with Gasteiger partial charge in [-0.05, 0) is 38.1 Å². The molecule has 0 saturated carbocycles. The van der Waals surface area contributed by atoms with Crippen LogP contribution >= 0.6 is 0 Å². The second-order valence-corrected chi connectivity index (χ2v) is 6.14. The Morgan fingerprint density at radius 1 is 1.19 bits per heavy atom. The van der Waals surface area contributed by atoms with Crippen LogP contribution < -0.4 is 20.1 Å². The lowest BCUT2D eigenvalue weighted by molar-refractivity contribution is -0.136. The average molecular weight is 354 g/mol. The molecule has 3 rings (SSSR count). The van der Waals surface area contributed by atoms with Crippen molar-refractivity contribution in [3.05, 3.63) is 53.6 Å². The third-order valence-corrected chi connectivity index (χ3v) is 4.06. The van der Waals surface area contributed by atoms with E-state index in [1.165, 1.54) is 0 Å². The maximum Gasteiger partial charge on any atom is 0.313 e. The number of carbonyl (C=O) groups excluding carboxylic acids is 2. The number of rotatable bonds is 5. The van der Waals surface area contributed by atoms with E-state index >= 15 is 0 Å². The highest BCUT2D eigenvalue weighted by atomic mass is 16.5. The van der Waals surface area contributed by atoms with Gasteiger partial charge in [0, 0.05) is 29.8 Å². The summed E-state index contributed by atoms with van der Waals surface area (Å²) >= 11 is 0. The van der Waals surface area contributed by atoms with Crippen molar-refractivity contribution >= 4 is 17.5 Å². The molecule has 26 heavy (non-hydrogen) atoms. The molecule has 0 aliphatic carbocycles.